The first-order valence-corrected chi connectivity index (χ1v) is 9.64. The number of hydrogen-bond acceptors (Lipinski definition) is 4. The predicted octanol–water partition coefficient (Wildman–Crippen LogP) is 2.93. The summed E-state index contributed by atoms with van der Waals surface area (Å²) in [6, 6.07) is 5.39. The summed E-state index contributed by atoms with van der Waals surface area (Å²) in [4.78, 5) is 14.9. The molecule has 0 amide bonds. The lowest BCUT2D eigenvalue weighted by Crippen LogP contribution is -2.70. The minimum absolute atomic E-state index is 0.0247. The molecule has 1 heterocycles. The van der Waals surface area contributed by atoms with Crippen molar-refractivity contribution in [1.82, 2.24) is 4.90 Å². The van der Waals surface area contributed by atoms with Crippen LogP contribution >= 0.6 is 0 Å². The van der Waals surface area contributed by atoms with E-state index in [0.717, 1.165) is 36.6 Å². The highest BCUT2D eigenvalue weighted by Gasteiger charge is 2.61. The van der Waals surface area contributed by atoms with Crippen molar-refractivity contribution in [3.8, 4) is 5.75 Å². The molecule has 2 saturated carbocycles. The fraction of sp³-hybridized carbons (Fsp3) is 0.667. The van der Waals surface area contributed by atoms with Gasteiger partial charge in [0.05, 0.1) is 5.60 Å². The smallest absolute Gasteiger partial charge is 0.134 e. The van der Waals surface area contributed by atoms with Crippen LogP contribution in [0.25, 0.3) is 0 Å². The first-order chi connectivity index (χ1) is 11.9. The number of aliphatic hydroxyl groups is 1. The van der Waals surface area contributed by atoms with Crippen LogP contribution in [0.3, 0.4) is 0 Å². The van der Waals surface area contributed by atoms with Crippen molar-refractivity contribution in [2.24, 2.45) is 5.92 Å². The maximum atomic E-state index is 12.4. The molecule has 136 valence electrons. The second-order valence-electron chi connectivity index (χ2n) is 8.59. The molecule has 1 aliphatic heterocycles. The van der Waals surface area contributed by atoms with E-state index >= 15 is 0 Å². The zero-order valence-corrected chi connectivity index (χ0v) is 15.3. The lowest BCUT2D eigenvalue weighted by Gasteiger charge is -2.60. The number of nitrogens with zero attached hydrogens (tertiary/aromatic N) is 1. The number of aromatic hydroxyl groups is 1. The van der Waals surface area contributed by atoms with Crippen molar-refractivity contribution in [2.45, 2.75) is 69.4 Å². The molecule has 0 radical (unpaired) electrons. The van der Waals surface area contributed by atoms with Gasteiger partial charge in [-0.25, -0.2) is 0 Å². The maximum absolute atomic E-state index is 12.4. The van der Waals surface area contributed by atoms with E-state index in [1.807, 2.05) is 13.0 Å². The van der Waals surface area contributed by atoms with E-state index in [2.05, 4.69) is 11.8 Å². The third-order valence-corrected chi connectivity index (χ3v) is 7.10. The predicted molar refractivity (Wildman–Crippen MR) is 96.7 cm³/mol. The number of benzene rings is 1. The first-order valence-electron chi connectivity index (χ1n) is 9.64. The second-order valence-corrected chi connectivity index (χ2v) is 8.59. The standard InChI is InChI=1S/C21H29NO3/c1-14-3-6-17(23)11-19(14)20-9-10-22(13-16-4-5-16)15(2)21(20,25)8-7-18(24)12-20/h3,6,11,15-16,23,25H,4-5,7-10,12-13H2,1-2H3. The van der Waals surface area contributed by atoms with Gasteiger partial charge in [0.2, 0.25) is 0 Å². The van der Waals surface area contributed by atoms with Gasteiger partial charge in [0, 0.05) is 30.8 Å². The molecule has 1 saturated heterocycles. The van der Waals surface area contributed by atoms with E-state index in [1.165, 1.54) is 12.8 Å². The highest BCUT2D eigenvalue weighted by Crippen LogP contribution is 2.54. The minimum Gasteiger partial charge on any atom is -0.508 e. The summed E-state index contributed by atoms with van der Waals surface area (Å²) >= 11 is 0. The van der Waals surface area contributed by atoms with Crippen LogP contribution in [0.5, 0.6) is 5.75 Å². The quantitative estimate of drug-likeness (QED) is 0.886. The first kappa shape index (κ1) is 17.0. The van der Waals surface area contributed by atoms with Gasteiger partial charge < -0.3 is 10.2 Å². The number of aryl methyl sites for hydroxylation is 1. The molecule has 3 atom stereocenters. The molecule has 0 spiro atoms. The molecule has 2 N–H and O–H groups in total. The highest BCUT2D eigenvalue weighted by molar-refractivity contribution is 5.82. The van der Waals surface area contributed by atoms with E-state index in [4.69, 9.17) is 0 Å². The number of likely N-dealkylation sites (tertiary alicyclic amines) is 1. The average molecular weight is 343 g/mol. The summed E-state index contributed by atoms with van der Waals surface area (Å²) in [5.41, 5.74) is 0.506. The van der Waals surface area contributed by atoms with Crippen LogP contribution in [0.2, 0.25) is 0 Å². The van der Waals surface area contributed by atoms with Crippen molar-refractivity contribution in [2.75, 3.05) is 13.1 Å². The lowest BCUT2D eigenvalue weighted by atomic mass is 9.53. The van der Waals surface area contributed by atoms with Crippen LogP contribution in [0.1, 0.15) is 56.6 Å². The molecule has 0 bridgehead atoms. The summed E-state index contributed by atoms with van der Waals surface area (Å²) in [6.45, 7) is 6.11. The van der Waals surface area contributed by atoms with E-state index in [1.54, 1.807) is 12.1 Å². The topological polar surface area (TPSA) is 60.8 Å². The van der Waals surface area contributed by atoms with Gasteiger partial charge in [-0.05, 0) is 75.3 Å². The van der Waals surface area contributed by atoms with Gasteiger partial charge in [0.25, 0.3) is 0 Å². The summed E-state index contributed by atoms with van der Waals surface area (Å²) < 4.78 is 0. The van der Waals surface area contributed by atoms with Crippen LogP contribution < -0.4 is 0 Å². The fourth-order valence-electron chi connectivity index (χ4n) is 5.36. The minimum atomic E-state index is -0.924. The number of hydrogen-bond donors (Lipinski definition) is 2. The number of Topliss-reactive ketones (excluding diaryl/α,β-unsaturated/α-hetero) is 1. The Morgan fingerprint density at radius 2 is 2.04 bits per heavy atom. The Morgan fingerprint density at radius 3 is 2.76 bits per heavy atom. The van der Waals surface area contributed by atoms with Crippen LogP contribution in [-0.2, 0) is 10.2 Å². The molecule has 3 fully saturated rings. The molecule has 4 heteroatoms. The summed E-state index contributed by atoms with van der Waals surface area (Å²) in [7, 11) is 0. The van der Waals surface area contributed by atoms with Crippen LogP contribution in [-0.4, -0.2) is 45.6 Å². The van der Waals surface area contributed by atoms with Gasteiger partial charge in [0.1, 0.15) is 11.5 Å². The zero-order valence-electron chi connectivity index (χ0n) is 15.3. The number of phenols is 1. The van der Waals surface area contributed by atoms with Gasteiger partial charge in [-0.2, -0.15) is 0 Å². The summed E-state index contributed by atoms with van der Waals surface area (Å²) in [5.74, 6) is 1.23. The Labute approximate surface area is 149 Å². The lowest BCUT2D eigenvalue weighted by molar-refractivity contribution is -0.164. The maximum Gasteiger partial charge on any atom is 0.134 e. The van der Waals surface area contributed by atoms with Crippen LogP contribution in [0.4, 0.5) is 0 Å². The van der Waals surface area contributed by atoms with E-state index in [-0.39, 0.29) is 17.6 Å². The SMILES string of the molecule is Cc1ccc(O)cc1C12CCN(CC3CC3)C(C)C1(O)CCC(=O)C2. The Balaban J connectivity index is 1.79. The summed E-state index contributed by atoms with van der Waals surface area (Å²) in [6.07, 6.45) is 4.74. The zero-order chi connectivity index (χ0) is 17.8. The normalized spacial score (nSPS) is 36.3. The Kier molecular flexibility index (Phi) is 3.97. The van der Waals surface area contributed by atoms with Gasteiger partial charge in [-0.3, -0.25) is 9.69 Å². The molecular formula is C21H29NO3. The third-order valence-electron chi connectivity index (χ3n) is 7.10. The van der Waals surface area contributed by atoms with E-state index < -0.39 is 11.0 Å². The molecule has 4 nitrogen and oxygen atoms in total. The van der Waals surface area contributed by atoms with Crippen LogP contribution in [0, 0.1) is 12.8 Å². The highest BCUT2D eigenvalue weighted by atomic mass is 16.3. The molecule has 25 heavy (non-hydrogen) atoms. The van der Waals surface area contributed by atoms with Gasteiger partial charge in [-0.15, -0.1) is 0 Å². The van der Waals surface area contributed by atoms with E-state index in [9.17, 15) is 15.0 Å². The number of piperidine rings is 1. The average Bonchev–Trinajstić information content (AvgIpc) is 3.39. The number of fused-ring (bicyclic) bond motifs is 1. The monoisotopic (exact) mass is 343 g/mol. The fourth-order valence-corrected chi connectivity index (χ4v) is 5.36. The molecule has 3 aliphatic rings. The van der Waals surface area contributed by atoms with Gasteiger partial charge >= 0.3 is 0 Å². The van der Waals surface area contributed by atoms with Gasteiger partial charge in [-0.1, -0.05) is 6.07 Å². The number of rotatable bonds is 3. The number of phenolic OH excluding ortho intramolecular Hbond substituents is 1. The number of carbonyl (C=O) groups excluding carboxylic acids is 1. The Morgan fingerprint density at radius 1 is 1.28 bits per heavy atom. The molecule has 1 aromatic carbocycles. The number of ketones is 1. The largest absolute Gasteiger partial charge is 0.508 e. The van der Waals surface area contributed by atoms with E-state index in [0.29, 0.717) is 19.3 Å². The van der Waals surface area contributed by atoms with Crippen molar-refractivity contribution in [3.05, 3.63) is 29.3 Å². The summed E-state index contributed by atoms with van der Waals surface area (Å²) in [5, 5.41) is 22.0. The third kappa shape index (κ3) is 2.61. The van der Waals surface area contributed by atoms with Gasteiger partial charge in [0.15, 0.2) is 0 Å². The molecular weight excluding hydrogens is 314 g/mol. The van der Waals surface area contributed by atoms with Crippen molar-refractivity contribution in [3.63, 3.8) is 0 Å². The molecule has 4 rings (SSSR count). The second kappa shape index (κ2) is 5.82. The molecule has 3 unspecified atom stereocenters. The molecule has 2 aliphatic carbocycles. The van der Waals surface area contributed by atoms with Crippen molar-refractivity contribution in [1.29, 1.82) is 0 Å². The van der Waals surface area contributed by atoms with Crippen molar-refractivity contribution >= 4 is 5.78 Å². The van der Waals surface area contributed by atoms with Crippen molar-refractivity contribution < 1.29 is 15.0 Å². The van der Waals surface area contributed by atoms with Crippen LogP contribution in [0.15, 0.2) is 18.2 Å². The Bertz CT molecular complexity index is 698. The molecule has 1 aromatic rings. The molecule has 0 aromatic heterocycles. The number of carbonyl (C=O) groups is 1. The Hall–Kier alpha value is -1.39.